The third-order valence-electron chi connectivity index (χ3n) is 4.94. The second-order valence-corrected chi connectivity index (χ2v) is 8.79. The molecule has 3 rings (SSSR count). The van der Waals surface area contributed by atoms with E-state index in [2.05, 4.69) is 10.0 Å². The van der Waals surface area contributed by atoms with Gasteiger partial charge in [0.2, 0.25) is 10.0 Å². The van der Waals surface area contributed by atoms with Crippen LogP contribution in [0, 0.1) is 0 Å². The molecule has 1 heterocycles. The van der Waals surface area contributed by atoms with Crippen LogP contribution in [0.15, 0.2) is 47.4 Å². The van der Waals surface area contributed by atoms with Crippen molar-refractivity contribution in [3.8, 4) is 5.75 Å². The van der Waals surface area contributed by atoms with Gasteiger partial charge in [0.05, 0.1) is 23.7 Å². The Hall–Kier alpha value is -2.62. The molecule has 162 valence electrons. The minimum absolute atomic E-state index is 0.0367. The zero-order valence-corrected chi connectivity index (χ0v) is 17.6. The molecule has 0 radical (unpaired) electrons. The molecule has 0 spiro atoms. The van der Waals surface area contributed by atoms with E-state index in [9.17, 15) is 18.3 Å². The van der Waals surface area contributed by atoms with Crippen LogP contribution in [0.3, 0.4) is 0 Å². The average molecular weight is 435 g/mol. The Kier molecular flexibility index (Phi) is 7.30. The predicted molar refractivity (Wildman–Crippen MR) is 113 cm³/mol. The predicted octanol–water partition coefficient (Wildman–Crippen LogP) is 2.51. The fraction of sp³-hybridized carbons (Fsp3) is 0.381. The number of hydrogen-bond acceptors (Lipinski definition) is 6. The Bertz CT molecular complexity index is 969. The molecule has 8 nitrogen and oxygen atoms in total. The van der Waals surface area contributed by atoms with Crippen molar-refractivity contribution < 1.29 is 27.8 Å². The van der Waals surface area contributed by atoms with Crippen LogP contribution in [0.2, 0.25) is 0 Å². The number of sulfonamides is 1. The molecule has 1 aliphatic heterocycles. The average Bonchev–Trinajstić information content (AvgIpc) is 3.26. The Morgan fingerprint density at radius 1 is 1.23 bits per heavy atom. The van der Waals surface area contributed by atoms with Crippen molar-refractivity contribution in [2.24, 2.45) is 0 Å². The van der Waals surface area contributed by atoms with Crippen LogP contribution in [0.1, 0.15) is 28.8 Å². The number of carboxylic acids is 1. The summed E-state index contributed by atoms with van der Waals surface area (Å²) in [5.74, 6) is -0.464. The second kappa shape index (κ2) is 9.92. The molecular formula is C21H26N2O6S. The number of rotatable bonds is 10. The normalized spacial score (nSPS) is 16.4. The highest BCUT2D eigenvalue weighted by Gasteiger charge is 2.20. The van der Waals surface area contributed by atoms with E-state index in [4.69, 9.17) is 9.47 Å². The maximum absolute atomic E-state index is 12.6. The Morgan fingerprint density at radius 3 is 2.63 bits per heavy atom. The lowest BCUT2D eigenvalue weighted by Crippen LogP contribution is -2.26. The van der Waals surface area contributed by atoms with E-state index >= 15 is 0 Å². The van der Waals surface area contributed by atoms with Gasteiger partial charge < -0.3 is 19.9 Å². The van der Waals surface area contributed by atoms with Crippen LogP contribution in [-0.2, 0) is 21.2 Å². The number of ether oxygens (including phenoxy) is 2. The molecule has 30 heavy (non-hydrogen) atoms. The Balaban J connectivity index is 1.64. The van der Waals surface area contributed by atoms with E-state index < -0.39 is 16.0 Å². The zero-order valence-electron chi connectivity index (χ0n) is 16.8. The number of anilines is 1. The van der Waals surface area contributed by atoms with Gasteiger partial charge in [-0.1, -0.05) is 12.1 Å². The highest BCUT2D eigenvalue weighted by atomic mass is 32.2. The molecule has 0 bridgehead atoms. The van der Waals surface area contributed by atoms with Crippen molar-refractivity contribution in [3.05, 3.63) is 53.6 Å². The number of methoxy groups -OCH3 is 1. The molecule has 0 unspecified atom stereocenters. The van der Waals surface area contributed by atoms with Crippen LogP contribution in [0.4, 0.5) is 5.69 Å². The van der Waals surface area contributed by atoms with Gasteiger partial charge in [0, 0.05) is 25.4 Å². The molecule has 0 aliphatic carbocycles. The Morgan fingerprint density at radius 2 is 2.00 bits per heavy atom. The standard InChI is InChI=1S/C21H26N2O6S/c1-28-16-6-4-15(5-7-16)10-11-23-30(26,27)18-8-9-20(19(13-18)21(24)25)22-14-17-3-2-12-29-17/h4-9,13,17,22-23H,2-3,10-12,14H2,1H3,(H,24,25)/t17-/m1/s1. The van der Waals surface area contributed by atoms with Crippen LogP contribution in [-0.4, -0.2) is 52.4 Å². The summed E-state index contributed by atoms with van der Waals surface area (Å²) in [6.45, 7) is 1.38. The van der Waals surface area contributed by atoms with Crippen LogP contribution in [0.25, 0.3) is 0 Å². The van der Waals surface area contributed by atoms with Crippen molar-refractivity contribution in [3.63, 3.8) is 0 Å². The summed E-state index contributed by atoms with van der Waals surface area (Å²) in [5, 5.41) is 12.6. The van der Waals surface area contributed by atoms with Gasteiger partial charge in [-0.2, -0.15) is 0 Å². The van der Waals surface area contributed by atoms with Gasteiger partial charge in [-0.15, -0.1) is 0 Å². The molecule has 1 saturated heterocycles. The van der Waals surface area contributed by atoms with Crippen molar-refractivity contribution in [1.29, 1.82) is 0 Å². The summed E-state index contributed by atoms with van der Waals surface area (Å²) < 4.78 is 38.4. The third kappa shape index (κ3) is 5.71. The van der Waals surface area contributed by atoms with Gasteiger partial charge in [0.15, 0.2) is 0 Å². The minimum Gasteiger partial charge on any atom is -0.497 e. The van der Waals surface area contributed by atoms with Crippen LogP contribution in [0.5, 0.6) is 5.75 Å². The summed E-state index contributed by atoms with van der Waals surface area (Å²) in [5.41, 5.74) is 1.24. The first kappa shape index (κ1) is 22.1. The fourth-order valence-corrected chi connectivity index (χ4v) is 4.31. The molecule has 3 N–H and O–H groups in total. The first-order valence-corrected chi connectivity index (χ1v) is 11.2. The SMILES string of the molecule is COc1ccc(CCNS(=O)(=O)c2ccc(NC[C@H]3CCCO3)c(C(=O)O)c2)cc1. The molecule has 0 saturated carbocycles. The molecule has 9 heteroatoms. The largest absolute Gasteiger partial charge is 0.497 e. The van der Waals surface area contributed by atoms with E-state index in [0.29, 0.717) is 25.3 Å². The van der Waals surface area contributed by atoms with Crippen molar-refractivity contribution in [2.75, 3.05) is 32.1 Å². The monoisotopic (exact) mass is 434 g/mol. The van der Waals surface area contributed by atoms with Crippen molar-refractivity contribution >= 4 is 21.7 Å². The number of aromatic carboxylic acids is 1. The summed E-state index contributed by atoms with van der Waals surface area (Å²) in [6, 6.07) is 11.4. The van der Waals surface area contributed by atoms with E-state index in [1.165, 1.54) is 18.2 Å². The second-order valence-electron chi connectivity index (χ2n) is 7.02. The van der Waals surface area contributed by atoms with Gasteiger partial charge in [-0.3, -0.25) is 0 Å². The lowest BCUT2D eigenvalue weighted by atomic mass is 10.1. The zero-order chi connectivity index (χ0) is 21.6. The first-order valence-electron chi connectivity index (χ1n) is 9.74. The summed E-state index contributed by atoms with van der Waals surface area (Å²) in [6.07, 6.45) is 2.43. The topological polar surface area (TPSA) is 114 Å². The van der Waals surface area contributed by atoms with E-state index in [-0.39, 0.29) is 23.1 Å². The van der Waals surface area contributed by atoms with Crippen LogP contribution < -0.4 is 14.8 Å². The molecule has 1 atom stereocenters. The van der Waals surface area contributed by atoms with Gasteiger partial charge in [-0.25, -0.2) is 17.9 Å². The maximum atomic E-state index is 12.6. The molecule has 1 aliphatic rings. The number of carbonyl (C=O) groups is 1. The number of hydrogen-bond donors (Lipinski definition) is 3. The lowest BCUT2D eigenvalue weighted by molar-refractivity contribution is 0.0697. The maximum Gasteiger partial charge on any atom is 0.337 e. The molecule has 0 aromatic heterocycles. The highest BCUT2D eigenvalue weighted by molar-refractivity contribution is 7.89. The smallest absolute Gasteiger partial charge is 0.337 e. The molecule has 1 fully saturated rings. The van der Waals surface area contributed by atoms with E-state index in [1.807, 2.05) is 24.3 Å². The van der Waals surface area contributed by atoms with Gasteiger partial charge >= 0.3 is 5.97 Å². The van der Waals surface area contributed by atoms with Crippen molar-refractivity contribution in [2.45, 2.75) is 30.3 Å². The van der Waals surface area contributed by atoms with Gasteiger partial charge in [-0.05, 0) is 55.2 Å². The highest BCUT2D eigenvalue weighted by Crippen LogP contribution is 2.22. The van der Waals surface area contributed by atoms with E-state index in [0.717, 1.165) is 24.2 Å². The van der Waals surface area contributed by atoms with Crippen molar-refractivity contribution in [1.82, 2.24) is 4.72 Å². The fourth-order valence-electron chi connectivity index (χ4n) is 3.26. The number of carboxylic acid groups (broad SMARTS) is 1. The number of nitrogens with one attached hydrogen (secondary N) is 2. The van der Waals surface area contributed by atoms with E-state index in [1.54, 1.807) is 7.11 Å². The Labute approximate surface area is 176 Å². The molecular weight excluding hydrogens is 408 g/mol. The van der Waals surface area contributed by atoms with Gasteiger partial charge in [0.1, 0.15) is 5.75 Å². The quantitative estimate of drug-likeness (QED) is 0.526. The van der Waals surface area contributed by atoms with Gasteiger partial charge in [0.25, 0.3) is 0 Å². The first-order chi connectivity index (χ1) is 14.4. The molecule has 2 aromatic carbocycles. The minimum atomic E-state index is -3.84. The lowest BCUT2D eigenvalue weighted by Gasteiger charge is -2.15. The summed E-state index contributed by atoms with van der Waals surface area (Å²) >= 11 is 0. The third-order valence-corrected chi connectivity index (χ3v) is 6.40. The summed E-state index contributed by atoms with van der Waals surface area (Å²) in [4.78, 5) is 11.6. The van der Waals surface area contributed by atoms with Crippen LogP contribution >= 0.6 is 0 Å². The molecule has 0 amide bonds. The molecule has 2 aromatic rings. The summed E-state index contributed by atoms with van der Waals surface area (Å²) in [7, 11) is -2.26. The number of benzene rings is 2.